The fraction of sp³-hybridized carbons (Fsp3) is 1.00. The number of nitrogens with zero attached hydrogens (tertiary/aromatic N) is 1. The Morgan fingerprint density at radius 1 is 1.47 bits per heavy atom. The smallest absolute Gasteiger partial charge is 0.150 e. The van der Waals surface area contributed by atoms with Crippen molar-refractivity contribution in [1.82, 2.24) is 4.90 Å². The highest BCUT2D eigenvalue weighted by Crippen LogP contribution is 2.16. The maximum absolute atomic E-state index is 11.3. The molecule has 90 valence electrons. The molecule has 1 saturated heterocycles. The minimum atomic E-state index is -2.77. The van der Waals surface area contributed by atoms with Crippen molar-refractivity contribution in [1.29, 1.82) is 0 Å². The number of piperidine rings is 1. The van der Waals surface area contributed by atoms with E-state index in [0.29, 0.717) is 10.6 Å². The Bertz CT molecular complexity index is 279. The zero-order chi connectivity index (χ0) is 11.3. The number of halogens is 1. The van der Waals surface area contributed by atoms with Gasteiger partial charge in [0.2, 0.25) is 0 Å². The summed E-state index contributed by atoms with van der Waals surface area (Å²) < 4.78 is 22.6. The molecule has 0 aliphatic carbocycles. The van der Waals surface area contributed by atoms with Crippen LogP contribution in [0.3, 0.4) is 0 Å². The van der Waals surface area contributed by atoms with Gasteiger partial charge in [0, 0.05) is 17.1 Å². The summed E-state index contributed by atoms with van der Waals surface area (Å²) in [5, 5.41) is 0. The van der Waals surface area contributed by atoms with Crippen molar-refractivity contribution in [3.63, 3.8) is 0 Å². The Kier molecular flexibility index (Phi) is 5.57. The highest BCUT2D eigenvalue weighted by atomic mass is 79.9. The third-order valence-corrected chi connectivity index (χ3v) is 5.36. The van der Waals surface area contributed by atoms with Gasteiger partial charge in [-0.1, -0.05) is 22.9 Å². The van der Waals surface area contributed by atoms with Crippen LogP contribution < -0.4 is 0 Å². The predicted molar refractivity (Wildman–Crippen MR) is 67.3 cm³/mol. The molecule has 0 radical (unpaired) electrons. The molecule has 0 N–H and O–H groups in total. The van der Waals surface area contributed by atoms with Gasteiger partial charge in [0.05, 0.1) is 5.75 Å². The molecule has 0 aromatic heterocycles. The van der Waals surface area contributed by atoms with Crippen LogP contribution in [0.2, 0.25) is 0 Å². The van der Waals surface area contributed by atoms with Crippen molar-refractivity contribution < 1.29 is 8.42 Å². The van der Waals surface area contributed by atoms with Gasteiger partial charge in [-0.3, -0.25) is 0 Å². The minimum Gasteiger partial charge on any atom is -0.302 e. The molecule has 0 aromatic carbocycles. The number of hydrogen-bond acceptors (Lipinski definition) is 3. The van der Waals surface area contributed by atoms with Gasteiger partial charge in [0.15, 0.2) is 0 Å². The second-order valence-electron chi connectivity index (χ2n) is 4.13. The van der Waals surface area contributed by atoms with Crippen molar-refractivity contribution in [3.8, 4) is 0 Å². The quantitative estimate of drug-likeness (QED) is 0.725. The standard InChI is InChI=1S/C10H20BrNO2S/c1-2-15(13,14)8-4-7-12-6-3-5-10(11)9-12/h10H,2-9H2,1H3. The molecule has 3 nitrogen and oxygen atoms in total. The largest absolute Gasteiger partial charge is 0.302 e. The molecule has 15 heavy (non-hydrogen) atoms. The maximum Gasteiger partial charge on any atom is 0.150 e. The summed E-state index contributed by atoms with van der Waals surface area (Å²) in [5.41, 5.74) is 0. The topological polar surface area (TPSA) is 37.4 Å². The number of rotatable bonds is 5. The summed E-state index contributed by atoms with van der Waals surface area (Å²) in [6.07, 6.45) is 3.23. The average molecular weight is 298 g/mol. The first-order valence-electron chi connectivity index (χ1n) is 5.60. The lowest BCUT2D eigenvalue weighted by Gasteiger charge is -2.29. The van der Waals surface area contributed by atoms with Gasteiger partial charge in [-0.05, 0) is 32.4 Å². The van der Waals surface area contributed by atoms with Crippen LogP contribution in [0.15, 0.2) is 0 Å². The molecule has 1 aliphatic rings. The van der Waals surface area contributed by atoms with Gasteiger partial charge in [-0.15, -0.1) is 0 Å². The third-order valence-electron chi connectivity index (χ3n) is 2.82. The average Bonchev–Trinajstić information content (AvgIpc) is 2.18. The number of likely N-dealkylation sites (tertiary alicyclic amines) is 1. The van der Waals surface area contributed by atoms with Gasteiger partial charge >= 0.3 is 0 Å². The predicted octanol–water partition coefficient (Wildman–Crippen LogP) is 1.67. The van der Waals surface area contributed by atoms with Crippen molar-refractivity contribution in [2.45, 2.75) is 31.0 Å². The second kappa shape index (κ2) is 6.21. The summed E-state index contributed by atoms with van der Waals surface area (Å²) in [7, 11) is -2.77. The lowest BCUT2D eigenvalue weighted by atomic mass is 10.1. The molecular weight excluding hydrogens is 278 g/mol. The van der Waals surface area contributed by atoms with E-state index in [2.05, 4.69) is 20.8 Å². The molecule has 1 atom stereocenters. The van der Waals surface area contributed by atoms with Crippen LogP contribution in [0.25, 0.3) is 0 Å². The van der Waals surface area contributed by atoms with Gasteiger partial charge < -0.3 is 4.90 Å². The molecule has 1 fully saturated rings. The molecule has 0 spiro atoms. The van der Waals surface area contributed by atoms with E-state index >= 15 is 0 Å². The molecule has 0 amide bonds. The molecule has 5 heteroatoms. The summed E-state index contributed by atoms with van der Waals surface area (Å²) in [6.45, 7) is 4.81. The third kappa shape index (κ3) is 5.31. The highest BCUT2D eigenvalue weighted by molar-refractivity contribution is 9.09. The summed E-state index contributed by atoms with van der Waals surface area (Å²) in [6, 6.07) is 0. The van der Waals surface area contributed by atoms with E-state index in [0.717, 1.165) is 26.1 Å². The van der Waals surface area contributed by atoms with Crippen LogP contribution in [-0.2, 0) is 9.84 Å². The van der Waals surface area contributed by atoms with Crippen LogP contribution in [0.1, 0.15) is 26.2 Å². The highest BCUT2D eigenvalue weighted by Gasteiger charge is 2.17. The second-order valence-corrected chi connectivity index (χ2v) is 7.90. The molecule has 1 rings (SSSR count). The zero-order valence-electron chi connectivity index (χ0n) is 9.28. The number of hydrogen-bond donors (Lipinski definition) is 0. The van der Waals surface area contributed by atoms with Crippen LogP contribution in [0.4, 0.5) is 0 Å². The molecule has 0 bridgehead atoms. The van der Waals surface area contributed by atoms with Crippen molar-refractivity contribution in [3.05, 3.63) is 0 Å². The number of alkyl halides is 1. The van der Waals surface area contributed by atoms with Crippen molar-refractivity contribution >= 4 is 25.8 Å². The summed E-state index contributed by atoms with van der Waals surface area (Å²) in [4.78, 5) is 2.95. The van der Waals surface area contributed by atoms with Gasteiger partial charge in [0.1, 0.15) is 9.84 Å². The Labute approximate surface area is 101 Å². The van der Waals surface area contributed by atoms with Crippen LogP contribution in [-0.4, -0.2) is 49.3 Å². The molecule has 1 unspecified atom stereocenters. The van der Waals surface area contributed by atoms with Gasteiger partial charge in [0.25, 0.3) is 0 Å². The fourth-order valence-electron chi connectivity index (χ4n) is 1.85. The Hall–Kier alpha value is 0.390. The minimum absolute atomic E-state index is 0.272. The molecule has 0 saturated carbocycles. The first kappa shape index (κ1) is 13.5. The monoisotopic (exact) mass is 297 g/mol. The van der Waals surface area contributed by atoms with E-state index < -0.39 is 9.84 Å². The van der Waals surface area contributed by atoms with E-state index in [1.165, 1.54) is 12.8 Å². The van der Waals surface area contributed by atoms with Crippen LogP contribution in [0, 0.1) is 0 Å². The SMILES string of the molecule is CCS(=O)(=O)CCCN1CCCC(Br)C1. The fourth-order valence-corrected chi connectivity index (χ4v) is 3.45. The zero-order valence-corrected chi connectivity index (χ0v) is 11.7. The van der Waals surface area contributed by atoms with Gasteiger partial charge in [-0.2, -0.15) is 0 Å². The lowest BCUT2D eigenvalue weighted by Crippen LogP contribution is -2.36. The number of sulfone groups is 1. The molecule has 0 aromatic rings. The lowest BCUT2D eigenvalue weighted by molar-refractivity contribution is 0.236. The van der Waals surface area contributed by atoms with E-state index in [1.807, 2.05) is 0 Å². The van der Waals surface area contributed by atoms with E-state index in [-0.39, 0.29) is 5.75 Å². The van der Waals surface area contributed by atoms with E-state index in [1.54, 1.807) is 6.92 Å². The normalized spacial score (nSPS) is 24.3. The van der Waals surface area contributed by atoms with Crippen LogP contribution >= 0.6 is 15.9 Å². The molecular formula is C10H20BrNO2S. The Morgan fingerprint density at radius 2 is 2.20 bits per heavy atom. The summed E-state index contributed by atoms with van der Waals surface area (Å²) in [5.74, 6) is 0.612. The van der Waals surface area contributed by atoms with Gasteiger partial charge in [-0.25, -0.2) is 8.42 Å². The van der Waals surface area contributed by atoms with Crippen molar-refractivity contribution in [2.75, 3.05) is 31.1 Å². The van der Waals surface area contributed by atoms with E-state index in [9.17, 15) is 8.42 Å². The first-order chi connectivity index (χ1) is 7.03. The maximum atomic E-state index is 11.3. The van der Waals surface area contributed by atoms with Crippen LogP contribution in [0.5, 0.6) is 0 Å². The Balaban J connectivity index is 2.20. The van der Waals surface area contributed by atoms with E-state index in [4.69, 9.17) is 0 Å². The Morgan fingerprint density at radius 3 is 2.80 bits per heavy atom. The first-order valence-corrected chi connectivity index (χ1v) is 8.34. The molecule has 1 aliphatic heterocycles. The van der Waals surface area contributed by atoms with Crippen molar-refractivity contribution in [2.24, 2.45) is 0 Å². The molecule has 1 heterocycles. The summed E-state index contributed by atoms with van der Waals surface area (Å²) >= 11 is 3.61.